The van der Waals surface area contributed by atoms with Crippen molar-refractivity contribution in [2.24, 2.45) is 11.7 Å². The minimum atomic E-state index is -0.0134. The van der Waals surface area contributed by atoms with Crippen LogP contribution in [-0.4, -0.2) is 26.1 Å². The molecule has 2 rings (SSSR count). The zero-order chi connectivity index (χ0) is 12.4. The molecule has 0 spiro atoms. The van der Waals surface area contributed by atoms with Crippen molar-refractivity contribution in [3.8, 4) is 5.75 Å². The minimum Gasteiger partial charge on any atom is -0.482 e. The Kier molecular flexibility index (Phi) is 3.33. The number of carbonyl (C=O) groups excluding carboxylic acids is 1. The largest absolute Gasteiger partial charge is 0.482 e. The normalized spacial score (nSPS) is 16.4. The molecule has 1 heterocycles. The summed E-state index contributed by atoms with van der Waals surface area (Å²) in [6.45, 7) is 2.92. The maximum absolute atomic E-state index is 11.5. The Morgan fingerprint density at radius 1 is 1.53 bits per heavy atom. The number of fused-ring (bicyclic) bond motifs is 1. The first-order valence-corrected chi connectivity index (χ1v) is 5.84. The number of benzene rings is 1. The second-order valence-corrected chi connectivity index (χ2v) is 4.59. The van der Waals surface area contributed by atoms with Gasteiger partial charge in [0.15, 0.2) is 6.61 Å². The van der Waals surface area contributed by atoms with Crippen LogP contribution in [0.5, 0.6) is 5.75 Å². The summed E-state index contributed by atoms with van der Waals surface area (Å²) < 4.78 is 5.44. The predicted molar refractivity (Wildman–Crippen MR) is 67.3 cm³/mol. The third kappa shape index (κ3) is 2.42. The van der Waals surface area contributed by atoms with E-state index < -0.39 is 0 Å². The van der Waals surface area contributed by atoms with E-state index in [1.165, 1.54) is 5.56 Å². The molecule has 1 aromatic rings. The van der Waals surface area contributed by atoms with E-state index in [2.05, 4.69) is 6.92 Å². The molecule has 1 aliphatic heterocycles. The van der Waals surface area contributed by atoms with Gasteiger partial charge in [-0.05, 0) is 36.6 Å². The highest BCUT2D eigenvalue weighted by molar-refractivity contribution is 5.97. The molecule has 1 unspecified atom stereocenters. The zero-order valence-electron chi connectivity index (χ0n) is 10.3. The van der Waals surface area contributed by atoms with Crippen LogP contribution in [-0.2, 0) is 11.2 Å². The second kappa shape index (κ2) is 4.75. The lowest BCUT2D eigenvalue weighted by Gasteiger charge is -2.26. The van der Waals surface area contributed by atoms with Crippen LogP contribution in [0.25, 0.3) is 0 Å². The maximum atomic E-state index is 11.5. The van der Waals surface area contributed by atoms with Crippen LogP contribution in [0.15, 0.2) is 18.2 Å². The Balaban J connectivity index is 2.23. The molecule has 0 saturated carbocycles. The lowest BCUT2D eigenvalue weighted by atomic mass is 10.0. The molecule has 0 radical (unpaired) electrons. The Bertz CT molecular complexity index is 431. The van der Waals surface area contributed by atoms with Crippen molar-refractivity contribution in [3.05, 3.63) is 23.8 Å². The van der Waals surface area contributed by atoms with Crippen LogP contribution in [0.2, 0.25) is 0 Å². The molecule has 92 valence electrons. The van der Waals surface area contributed by atoms with E-state index in [9.17, 15) is 4.79 Å². The number of amides is 1. The standard InChI is InChI=1S/C13H18N2O2/c1-9(7-14)5-10-3-4-11-12(6-10)17-8-13(16)15(11)2/h3-4,6,9H,5,7-8,14H2,1-2H3. The second-order valence-electron chi connectivity index (χ2n) is 4.59. The topological polar surface area (TPSA) is 55.6 Å². The van der Waals surface area contributed by atoms with E-state index in [4.69, 9.17) is 10.5 Å². The molecule has 4 nitrogen and oxygen atoms in total. The monoisotopic (exact) mass is 234 g/mol. The van der Waals surface area contributed by atoms with Crippen LogP contribution in [0, 0.1) is 5.92 Å². The Labute approximate surface area is 101 Å². The summed E-state index contributed by atoms with van der Waals surface area (Å²) in [6.07, 6.45) is 0.935. The number of anilines is 1. The van der Waals surface area contributed by atoms with E-state index in [1.54, 1.807) is 11.9 Å². The highest BCUT2D eigenvalue weighted by atomic mass is 16.5. The Morgan fingerprint density at radius 3 is 3.00 bits per heavy atom. The number of carbonyl (C=O) groups is 1. The molecular weight excluding hydrogens is 216 g/mol. The fraction of sp³-hybridized carbons (Fsp3) is 0.462. The predicted octanol–water partition coefficient (Wildman–Crippen LogP) is 1.18. The molecule has 0 fully saturated rings. The number of hydrogen-bond acceptors (Lipinski definition) is 3. The van der Waals surface area contributed by atoms with Gasteiger partial charge in [0.1, 0.15) is 5.75 Å². The average molecular weight is 234 g/mol. The summed E-state index contributed by atoms with van der Waals surface area (Å²) in [4.78, 5) is 13.1. The first-order chi connectivity index (χ1) is 8.11. The van der Waals surface area contributed by atoms with Crippen LogP contribution >= 0.6 is 0 Å². The number of nitrogens with zero attached hydrogens (tertiary/aromatic N) is 1. The van der Waals surface area contributed by atoms with Gasteiger partial charge in [-0.1, -0.05) is 13.0 Å². The van der Waals surface area contributed by atoms with Gasteiger partial charge in [0.05, 0.1) is 5.69 Å². The van der Waals surface area contributed by atoms with Gasteiger partial charge in [-0.3, -0.25) is 4.79 Å². The summed E-state index contributed by atoms with van der Waals surface area (Å²) in [5.41, 5.74) is 7.65. The van der Waals surface area contributed by atoms with Crippen molar-refractivity contribution < 1.29 is 9.53 Å². The van der Waals surface area contributed by atoms with Crippen LogP contribution in [0.4, 0.5) is 5.69 Å². The molecule has 0 aromatic heterocycles. The number of ether oxygens (including phenoxy) is 1. The van der Waals surface area contributed by atoms with Gasteiger partial charge < -0.3 is 15.4 Å². The van der Waals surface area contributed by atoms with E-state index in [0.717, 1.165) is 17.9 Å². The summed E-state index contributed by atoms with van der Waals surface area (Å²) >= 11 is 0. The number of hydrogen-bond donors (Lipinski definition) is 1. The molecule has 1 aromatic carbocycles. The fourth-order valence-electron chi connectivity index (χ4n) is 1.93. The highest BCUT2D eigenvalue weighted by Gasteiger charge is 2.22. The third-order valence-electron chi connectivity index (χ3n) is 3.10. The van der Waals surface area contributed by atoms with Gasteiger partial charge in [0, 0.05) is 7.05 Å². The van der Waals surface area contributed by atoms with Crippen LogP contribution < -0.4 is 15.4 Å². The molecule has 1 atom stereocenters. The van der Waals surface area contributed by atoms with Gasteiger partial charge in [0.25, 0.3) is 5.91 Å². The van der Waals surface area contributed by atoms with Crippen molar-refractivity contribution in [2.45, 2.75) is 13.3 Å². The van der Waals surface area contributed by atoms with Crippen molar-refractivity contribution in [2.75, 3.05) is 25.1 Å². The maximum Gasteiger partial charge on any atom is 0.264 e. The molecule has 0 saturated heterocycles. The summed E-state index contributed by atoms with van der Waals surface area (Å²) in [7, 11) is 1.77. The van der Waals surface area contributed by atoms with Gasteiger partial charge in [-0.15, -0.1) is 0 Å². The van der Waals surface area contributed by atoms with Gasteiger partial charge >= 0.3 is 0 Å². The van der Waals surface area contributed by atoms with E-state index in [1.807, 2.05) is 18.2 Å². The molecule has 2 N–H and O–H groups in total. The first-order valence-electron chi connectivity index (χ1n) is 5.84. The lowest BCUT2D eigenvalue weighted by Crippen LogP contribution is -2.35. The van der Waals surface area contributed by atoms with Crippen molar-refractivity contribution >= 4 is 11.6 Å². The zero-order valence-corrected chi connectivity index (χ0v) is 10.3. The molecular formula is C13H18N2O2. The highest BCUT2D eigenvalue weighted by Crippen LogP contribution is 2.32. The summed E-state index contributed by atoms with van der Waals surface area (Å²) in [6, 6.07) is 5.97. The van der Waals surface area contributed by atoms with Crippen LogP contribution in [0.1, 0.15) is 12.5 Å². The molecule has 1 amide bonds. The van der Waals surface area contributed by atoms with Gasteiger partial charge in [0.2, 0.25) is 0 Å². The van der Waals surface area contributed by atoms with Crippen molar-refractivity contribution in [3.63, 3.8) is 0 Å². The van der Waals surface area contributed by atoms with Crippen molar-refractivity contribution in [1.82, 2.24) is 0 Å². The van der Waals surface area contributed by atoms with E-state index in [-0.39, 0.29) is 12.5 Å². The van der Waals surface area contributed by atoms with Crippen molar-refractivity contribution in [1.29, 1.82) is 0 Å². The smallest absolute Gasteiger partial charge is 0.264 e. The molecule has 0 bridgehead atoms. The first kappa shape index (κ1) is 11.9. The average Bonchev–Trinajstić information content (AvgIpc) is 2.34. The van der Waals surface area contributed by atoms with Gasteiger partial charge in [-0.2, -0.15) is 0 Å². The van der Waals surface area contributed by atoms with E-state index in [0.29, 0.717) is 12.5 Å². The third-order valence-corrected chi connectivity index (χ3v) is 3.10. The quantitative estimate of drug-likeness (QED) is 0.854. The number of rotatable bonds is 3. The number of nitrogens with two attached hydrogens (primary N) is 1. The molecule has 4 heteroatoms. The van der Waals surface area contributed by atoms with E-state index >= 15 is 0 Å². The molecule has 1 aliphatic rings. The SMILES string of the molecule is CC(CN)Cc1ccc2c(c1)OCC(=O)N2C. The van der Waals surface area contributed by atoms with Gasteiger partial charge in [-0.25, -0.2) is 0 Å². The number of likely N-dealkylation sites (N-methyl/N-ethyl adjacent to an activating group) is 1. The lowest BCUT2D eigenvalue weighted by molar-refractivity contribution is -0.120. The Hall–Kier alpha value is -1.55. The molecule has 0 aliphatic carbocycles. The molecule has 17 heavy (non-hydrogen) atoms. The summed E-state index contributed by atoms with van der Waals surface area (Å²) in [5.74, 6) is 1.23. The fourth-order valence-corrected chi connectivity index (χ4v) is 1.93. The summed E-state index contributed by atoms with van der Waals surface area (Å²) in [5, 5.41) is 0. The van der Waals surface area contributed by atoms with Crippen LogP contribution in [0.3, 0.4) is 0 Å². The Morgan fingerprint density at radius 2 is 2.29 bits per heavy atom. The minimum absolute atomic E-state index is 0.0134.